The fourth-order valence-electron chi connectivity index (χ4n) is 3.29. The first-order valence-electron chi connectivity index (χ1n) is 10.3. The lowest BCUT2D eigenvalue weighted by Gasteiger charge is -2.23. The Bertz CT molecular complexity index is 310. The molecule has 0 aliphatic heterocycles. The Morgan fingerprint density at radius 1 is 0.800 bits per heavy atom. The number of hydrogen-bond acceptors (Lipinski definition) is 5. The number of Topliss-reactive ketones (excluding diaryl/α,β-unsaturated/α-hetero) is 1. The van der Waals surface area contributed by atoms with E-state index in [1.807, 2.05) is 0 Å². The van der Waals surface area contributed by atoms with Crippen LogP contribution >= 0.6 is 0 Å². The van der Waals surface area contributed by atoms with Gasteiger partial charge in [0.25, 0.3) is 0 Å². The minimum atomic E-state index is -1.42. The molecule has 5 heteroatoms. The average molecular weight is 360 g/mol. The highest BCUT2D eigenvalue weighted by atomic mass is 16.3. The maximum absolute atomic E-state index is 11.5. The topological polar surface area (TPSA) is 104 Å². The van der Waals surface area contributed by atoms with Gasteiger partial charge in [-0.3, -0.25) is 4.79 Å². The van der Waals surface area contributed by atoms with Crippen LogP contribution in [0.4, 0.5) is 0 Å². The van der Waals surface area contributed by atoms with Gasteiger partial charge >= 0.3 is 0 Å². The van der Waals surface area contributed by atoms with Crippen molar-refractivity contribution < 1.29 is 20.1 Å². The van der Waals surface area contributed by atoms with Crippen LogP contribution in [0.3, 0.4) is 0 Å². The molecule has 0 aromatic carbocycles. The maximum atomic E-state index is 11.5. The van der Waals surface area contributed by atoms with E-state index in [1.54, 1.807) is 0 Å². The van der Waals surface area contributed by atoms with Crippen molar-refractivity contribution in [3.63, 3.8) is 0 Å². The summed E-state index contributed by atoms with van der Waals surface area (Å²) in [5, 5.41) is 28.2. The predicted octanol–water partition coefficient (Wildman–Crippen LogP) is 3.28. The van der Waals surface area contributed by atoms with Gasteiger partial charge in [-0.25, -0.2) is 0 Å². The molecule has 0 heterocycles. The highest BCUT2D eigenvalue weighted by Gasteiger charge is 2.30. The quantitative estimate of drug-likeness (QED) is 0.222. The van der Waals surface area contributed by atoms with E-state index in [4.69, 9.17) is 10.8 Å². The van der Waals surface area contributed by atoms with E-state index in [0.717, 1.165) is 19.3 Å². The van der Waals surface area contributed by atoms with Crippen LogP contribution in [0.25, 0.3) is 0 Å². The first-order valence-corrected chi connectivity index (χ1v) is 10.3. The number of rotatable bonds is 18. The zero-order chi connectivity index (χ0) is 18.9. The third-order valence-corrected chi connectivity index (χ3v) is 4.91. The number of carbonyl (C=O) groups is 1. The Labute approximate surface area is 154 Å². The van der Waals surface area contributed by atoms with Crippen molar-refractivity contribution in [1.82, 2.24) is 0 Å². The molecule has 0 spiro atoms. The monoisotopic (exact) mass is 359 g/mol. The lowest BCUT2D eigenvalue weighted by atomic mass is 9.92. The third-order valence-electron chi connectivity index (χ3n) is 4.91. The molecule has 3 atom stereocenters. The number of nitrogens with two attached hydrogens (primary N) is 1. The Hall–Kier alpha value is -0.490. The summed E-state index contributed by atoms with van der Waals surface area (Å²) in [6, 6.07) is 0. The smallest absolute Gasteiger partial charge is 0.167 e. The number of carbonyl (C=O) groups excluding carboxylic acids is 1. The van der Waals surface area contributed by atoms with Crippen LogP contribution in [0, 0.1) is 5.92 Å². The van der Waals surface area contributed by atoms with Crippen LogP contribution in [-0.2, 0) is 4.79 Å². The number of aliphatic hydroxyl groups is 3. The summed E-state index contributed by atoms with van der Waals surface area (Å²) in [6.07, 6.45) is 14.3. The SMILES string of the molecule is CCCCCCCCCCCCCCC[C@@H](O)[C@H](C(=O)CO)C(N)O. The molecule has 5 nitrogen and oxygen atoms in total. The number of aliphatic hydroxyl groups excluding tert-OH is 3. The van der Waals surface area contributed by atoms with Gasteiger partial charge in [0.15, 0.2) is 5.78 Å². The van der Waals surface area contributed by atoms with Gasteiger partial charge in [-0.05, 0) is 6.42 Å². The Morgan fingerprint density at radius 3 is 1.56 bits per heavy atom. The highest BCUT2D eigenvalue weighted by molar-refractivity contribution is 5.83. The molecule has 25 heavy (non-hydrogen) atoms. The third kappa shape index (κ3) is 13.4. The summed E-state index contributed by atoms with van der Waals surface area (Å²) in [5.74, 6) is -1.68. The van der Waals surface area contributed by atoms with E-state index in [2.05, 4.69) is 6.92 Å². The second-order valence-corrected chi connectivity index (χ2v) is 7.24. The number of unbranched alkanes of at least 4 members (excludes halogenated alkanes) is 12. The number of ketones is 1. The molecule has 0 aliphatic carbocycles. The van der Waals surface area contributed by atoms with Gasteiger partial charge in [-0.15, -0.1) is 0 Å². The van der Waals surface area contributed by atoms with Gasteiger partial charge in [0.1, 0.15) is 12.8 Å². The fourth-order valence-corrected chi connectivity index (χ4v) is 3.29. The summed E-state index contributed by atoms with van der Waals surface area (Å²) in [4.78, 5) is 11.5. The van der Waals surface area contributed by atoms with Gasteiger partial charge < -0.3 is 21.1 Å². The van der Waals surface area contributed by atoms with E-state index < -0.39 is 30.6 Å². The van der Waals surface area contributed by atoms with Crippen molar-refractivity contribution in [3.8, 4) is 0 Å². The Morgan fingerprint density at radius 2 is 1.20 bits per heavy atom. The minimum Gasteiger partial charge on any atom is -0.392 e. The fraction of sp³-hybridized carbons (Fsp3) is 0.950. The summed E-state index contributed by atoms with van der Waals surface area (Å²) in [6.45, 7) is 1.55. The summed E-state index contributed by atoms with van der Waals surface area (Å²) in [5.41, 5.74) is 5.32. The van der Waals surface area contributed by atoms with E-state index in [9.17, 15) is 15.0 Å². The van der Waals surface area contributed by atoms with Crippen molar-refractivity contribution in [1.29, 1.82) is 0 Å². The van der Waals surface area contributed by atoms with Crippen LogP contribution < -0.4 is 5.73 Å². The second-order valence-electron chi connectivity index (χ2n) is 7.24. The van der Waals surface area contributed by atoms with Gasteiger partial charge in [-0.2, -0.15) is 0 Å². The molecule has 0 aromatic rings. The van der Waals surface area contributed by atoms with Gasteiger partial charge in [0, 0.05) is 0 Å². The Balaban J connectivity index is 3.49. The van der Waals surface area contributed by atoms with Crippen LogP contribution in [0.2, 0.25) is 0 Å². The molecule has 0 rings (SSSR count). The molecule has 0 saturated heterocycles. The number of hydrogen-bond donors (Lipinski definition) is 4. The molecular weight excluding hydrogens is 318 g/mol. The van der Waals surface area contributed by atoms with Crippen molar-refractivity contribution in [3.05, 3.63) is 0 Å². The largest absolute Gasteiger partial charge is 0.392 e. The van der Waals surface area contributed by atoms with Crippen molar-refractivity contribution >= 4 is 5.78 Å². The van der Waals surface area contributed by atoms with E-state index in [-0.39, 0.29) is 0 Å². The van der Waals surface area contributed by atoms with Crippen molar-refractivity contribution in [2.75, 3.05) is 6.61 Å². The average Bonchev–Trinajstić information content (AvgIpc) is 2.58. The lowest BCUT2D eigenvalue weighted by molar-refractivity contribution is -0.134. The lowest BCUT2D eigenvalue weighted by Crippen LogP contribution is -2.44. The molecular formula is C20H41NO4. The molecule has 0 aromatic heterocycles. The first-order chi connectivity index (χ1) is 12.0. The Kier molecular flexibility index (Phi) is 16.6. The van der Waals surface area contributed by atoms with E-state index >= 15 is 0 Å². The summed E-state index contributed by atoms with van der Waals surface area (Å²) in [7, 11) is 0. The summed E-state index contributed by atoms with van der Waals surface area (Å²) < 4.78 is 0. The van der Waals surface area contributed by atoms with Gasteiger partial charge in [0.2, 0.25) is 0 Å². The predicted molar refractivity (Wildman–Crippen MR) is 102 cm³/mol. The van der Waals surface area contributed by atoms with Crippen LogP contribution in [-0.4, -0.2) is 40.0 Å². The molecule has 0 fully saturated rings. The first kappa shape index (κ1) is 24.5. The second kappa shape index (κ2) is 17.0. The zero-order valence-electron chi connectivity index (χ0n) is 16.2. The van der Waals surface area contributed by atoms with Crippen LogP contribution in [0.15, 0.2) is 0 Å². The molecule has 150 valence electrons. The van der Waals surface area contributed by atoms with E-state index in [0.29, 0.717) is 6.42 Å². The van der Waals surface area contributed by atoms with Gasteiger partial charge in [-0.1, -0.05) is 90.4 Å². The molecule has 0 amide bonds. The molecule has 0 saturated carbocycles. The summed E-state index contributed by atoms with van der Waals surface area (Å²) >= 11 is 0. The van der Waals surface area contributed by atoms with Crippen LogP contribution in [0.5, 0.6) is 0 Å². The standard InChI is InChI=1S/C20H41NO4/c1-2-3-4-5-6-7-8-9-10-11-12-13-14-15-17(23)19(20(21)25)18(24)16-22/h17,19-20,22-23,25H,2-16,21H2,1H3/t17-,19-,20?/m1/s1. The van der Waals surface area contributed by atoms with Crippen LogP contribution in [0.1, 0.15) is 96.8 Å². The molecule has 0 bridgehead atoms. The van der Waals surface area contributed by atoms with E-state index in [1.165, 1.54) is 64.2 Å². The van der Waals surface area contributed by atoms with Crippen molar-refractivity contribution in [2.45, 2.75) is 109 Å². The van der Waals surface area contributed by atoms with Gasteiger partial charge in [0.05, 0.1) is 12.0 Å². The maximum Gasteiger partial charge on any atom is 0.167 e. The zero-order valence-corrected chi connectivity index (χ0v) is 16.2. The molecule has 5 N–H and O–H groups in total. The molecule has 1 unspecified atom stereocenters. The van der Waals surface area contributed by atoms with Crippen molar-refractivity contribution in [2.24, 2.45) is 11.7 Å². The highest BCUT2D eigenvalue weighted by Crippen LogP contribution is 2.17. The molecule has 0 aliphatic rings. The minimum absolute atomic E-state index is 0.433. The molecule has 0 radical (unpaired) electrons. The normalized spacial score (nSPS) is 15.1.